The van der Waals surface area contributed by atoms with E-state index in [9.17, 15) is 0 Å². The second-order valence-electron chi connectivity index (χ2n) is 2.33. The second kappa shape index (κ2) is 2.15. The molecule has 1 rings (SSSR count). The molecule has 0 aromatic rings. The number of rotatable bonds is 0. The maximum Gasteiger partial charge on any atom is 0.0672 e. The van der Waals surface area contributed by atoms with E-state index < -0.39 is 0 Å². The molecule has 2 atom stereocenters. The van der Waals surface area contributed by atoms with Gasteiger partial charge in [-0.2, -0.15) is 5.26 Å². The molecular formula is C6H10N2. The molecule has 0 spiro atoms. The maximum atomic E-state index is 8.41. The van der Waals surface area contributed by atoms with Crippen molar-refractivity contribution in [2.24, 2.45) is 11.7 Å². The van der Waals surface area contributed by atoms with Crippen molar-refractivity contribution in [1.29, 1.82) is 5.26 Å². The predicted molar refractivity (Wildman–Crippen MR) is 30.9 cm³/mol. The number of nitrogens with zero attached hydrogens (tertiary/aromatic N) is 1. The van der Waals surface area contributed by atoms with Gasteiger partial charge in [0.1, 0.15) is 0 Å². The summed E-state index contributed by atoms with van der Waals surface area (Å²) >= 11 is 0. The largest absolute Gasteiger partial charge is 0.327 e. The van der Waals surface area contributed by atoms with E-state index in [0.717, 1.165) is 19.3 Å². The summed E-state index contributed by atoms with van der Waals surface area (Å²) in [5.74, 6) is 0.148. The van der Waals surface area contributed by atoms with E-state index in [1.165, 1.54) is 0 Å². The molecule has 0 aromatic heterocycles. The lowest BCUT2D eigenvalue weighted by Gasteiger charge is -2.02. The van der Waals surface area contributed by atoms with Crippen molar-refractivity contribution < 1.29 is 0 Å². The molecule has 2 nitrogen and oxygen atoms in total. The van der Waals surface area contributed by atoms with E-state index in [-0.39, 0.29) is 12.0 Å². The maximum absolute atomic E-state index is 8.41. The molecule has 2 heteroatoms. The van der Waals surface area contributed by atoms with Crippen LogP contribution in [0, 0.1) is 17.2 Å². The molecule has 1 aliphatic rings. The Balaban J connectivity index is 2.45. The standard InChI is InChI=1S/C6H10N2/c7-4-5-2-1-3-6(5)8/h5-6H,1-3,8H2/t5-,6-/m0/s1. The minimum absolute atomic E-state index is 0.148. The first-order valence-corrected chi connectivity index (χ1v) is 3.00. The summed E-state index contributed by atoms with van der Waals surface area (Å²) in [5, 5.41) is 8.41. The second-order valence-corrected chi connectivity index (χ2v) is 2.33. The van der Waals surface area contributed by atoms with E-state index in [1.54, 1.807) is 0 Å². The van der Waals surface area contributed by atoms with Crippen molar-refractivity contribution in [3.8, 4) is 6.07 Å². The highest BCUT2D eigenvalue weighted by atomic mass is 14.7. The molecule has 1 aliphatic carbocycles. The summed E-state index contributed by atoms with van der Waals surface area (Å²) in [6.07, 6.45) is 3.19. The Morgan fingerprint density at radius 1 is 1.50 bits per heavy atom. The van der Waals surface area contributed by atoms with Crippen LogP contribution in [0.2, 0.25) is 0 Å². The fourth-order valence-corrected chi connectivity index (χ4v) is 1.15. The van der Waals surface area contributed by atoms with Gasteiger partial charge in [-0.05, 0) is 12.8 Å². The van der Waals surface area contributed by atoms with Crippen LogP contribution in [0.4, 0.5) is 0 Å². The fourth-order valence-electron chi connectivity index (χ4n) is 1.15. The van der Waals surface area contributed by atoms with Crippen LogP contribution in [-0.4, -0.2) is 6.04 Å². The Kier molecular flexibility index (Phi) is 1.50. The van der Waals surface area contributed by atoms with Crippen LogP contribution < -0.4 is 5.73 Å². The van der Waals surface area contributed by atoms with E-state index >= 15 is 0 Å². The summed E-state index contributed by atoms with van der Waals surface area (Å²) in [5.41, 5.74) is 5.57. The Morgan fingerprint density at radius 2 is 2.25 bits per heavy atom. The molecule has 0 aliphatic heterocycles. The third kappa shape index (κ3) is 0.823. The van der Waals surface area contributed by atoms with Crippen LogP contribution in [0.3, 0.4) is 0 Å². The molecule has 0 saturated heterocycles. The van der Waals surface area contributed by atoms with Crippen molar-refractivity contribution in [1.82, 2.24) is 0 Å². The van der Waals surface area contributed by atoms with E-state index in [2.05, 4.69) is 6.07 Å². The monoisotopic (exact) mass is 110 g/mol. The van der Waals surface area contributed by atoms with Crippen LogP contribution >= 0.6 is 0 Å². The number of hydrogen-bond acceptors (Lipinski definition) is 2. The molecule has 0 bridgehead atoms. The van der Waals surface area contributed by atoms with Gasteiger partial charge >= 0.3 is 0 Å². The lowest BCUT2D eigenvalue weighted by atomic mass is 10.1. The van der Waals surface area contributed by atoms with Gasteiger partial charge in [0.2, 0.25) is 0 Å². The molecule has 0 amide bonds. The third-order valence-corrected chi connectivity index (χ3v) is 1.74. The van der Waals surface area contributed by atoms with Gasteiger partial charge in [-0.25, -0.2) is 0 Å². The van der Waals surface area contributed by atoms with Crippen LogP contribution in [-0.2, 0) is 0 Å². The van der Waals surface area contributed by atoms with Crippen molar-refractivity contribution in [2.45, 2.75) is 25.3 Å². The van der Waals surface area contributed by atoms with E-state index in [1.807, 2.05) is 0 Å². The van der Waals surface area contributed by atoms with Crippen molar-refractivity contribution >= 4 is 0 Å². The lowest BCUT2D eigenvalue weighted by Crippen LogP contribution is -2.22. The van der Waals surface area contributed by atoms with Crippen LogP contribution in [0.5, 0.6) is 0 Å². The summed E-state index contributed by atoms with van der Waals surface area (Å²) in [7, 11) is 0. The first kappa shape index (κ1) is 5.58. The number of hydrogen-bond donors (Lipinski definition) is 1. The zero-order valence-electron chi connectivity index (χ0n) is 4.80. The Morgan fingerprint density at radius 3 is 2.50 bits per heavy atom. The predicted octanol–water partition coefficient (Wildman–Crippen LogP) is 0.637. The molecule has 0 aromatic carbocycles. The Hall–Kier alpha value is -0.550. The highest BCUT2D eigenvalue weighted by Crippen LogP contribution is 2.22. The average Bonchev–Trinajstić information content (AvgIpc) is 2.14. The quantitative estimate of drug-likeness (QED) is 0.497. The Bertz CT molecular complexity index is 114. The summed E-state index contributed by atoms with van der Waals surface area (Å²) in [4.78, 5) is 0. The van der Waals surface area contributed by atoms with Gasteiger partial charge in [0.05, 0.1) is 12.0 Å². The van der Waals surface area contributed by atoms with Gasteiger partial charge in [-0.3, -0.25) is 0 Å². The summed E-state index contributed by atoms with van der Waals surface area (Å²) in [6.45, 7) is 0. The SMILES string of the molecule is N#C[C@@H]1CCC[C@@H]1N. The molecule has 0 heterocycles. The molecule has 0 radical (unpaired) electrons. The molecular weight excluding hydrogens is 100 g/mol. The van der Waals surface area contributed by atoms with Gasteiger partial charge < -0.3 is 5.73 Å². The van der Waals surface area contributed by atoms with Gasteiger partial charge in [0.25, 0.3) is 0 Å². The van der Waals surface area contributed by atoms with Crippen LogP contribution in [0.15, 0.2) is 0 Å². The normalized spacial score (nSPS) is 37.0. The van der Waals surface area contributed by atoms with Crippen LogP contribution in [0.1, 0.15) is 19.3 Å². The molecule has 0 unspecified atom stereocenters. The number of nitriles is 1. The zero-order chi connectivity index (χ0) is 5.98. The summed E-state index contributed by atoms with van der Waals surface area (Å²) < 4.78 is 0. The first-order chi connectivity index (χ1) is 3.84. The topological polar surface area (TPSA) is 49.8 Å². The molecule has 1 saturated carbocycles. The lowest BCUT2D eigenvalue weighted by molar-refractivity contribution is 0.593. The third-order valence-electron chi connectivity index (χ3n) is 1.74. The molecule has 8 heavy (non-hydrogen) atoms. The van der Waals surface area contributed by atoms with Crippen molar-refractivity contribution in [2.75, 3.05) is 0 Å². The van der Waals surface area contributed by atoms with Gasteiger partial charge in [-0.1, -0.05) is 6.42 Å². The van der Waals surface area contributed by atoms with Gasteiger partial charge in [0, 0.05) is 6.04 Å². The van der Waals surface area contributed by atoms with Crippen LogP contribution in [0.25, 0.3) is 0 Å². The highest BCUT2D eigenvalue weighted by Gasteiger charge is 2.22. The minimum Gasteiger partial charge on any atom is -0.327 e. The Labute approximate surface area is 49.3 Å². The zero-order valence-corrected chi connectivity index (χ0v) is 4.80. The first-order valence-electron chi connectivity index (χ1n) is 3.00. The minimum atomic E-state index is 0.148. The number of nitrogens with two attached hydrogens (primary N) is 1. The molecule has 44 valence electrons. The van der Waals surface area contributed by atoms with Gasteiger partial charge in [0.15, 0.2) is 0 Å². The average molecular weight is 110 g/mol. The molecule has 1 fully saturated rings. The smallest absolute Gasteiger partial charge is 0.0672 e. The summed E-state index contributed by atoms with van der Waals surface area (Å²) in [6, 6.07) is 2.36. The molecule has 2 N–H and O–H groups in total. The fraction of sp³-hybridized carbons (Fsp3) is 0.833. The van der Waals surface area contributed by atoms with Gasteiger partial charge in [-0.15, -0.1) is 0 Å². The van der Waals surface area contributed by atoms with Crippen molar-refractivity contribution in [3.05, 3.63) is 0 Å². The van der Waals surface area contributed by atoms with E-state index in [0.29, 0.717) is 0 Å². The van der Waals surface area contributed by atoms with Crippen molar-refractivity contribution in [3.63, 3.8) is 0 Å². The van der Waals surface area contributed by atoms with E-state index in [4.69, 9.17) is 11.0 Å². The highest BCUT2D eigenvalue weighted by molar-refractivity contribution is 4.94.